The molecule has 0 amide bonds. The molecule has 1 aromatic rings. The average Bonchev–Trinajstić information content (AvgIpc) is 2.09. The number of benzene rings is 1. The lowest BCUT2D eigenvalue weighted by Crippen LogP contribution is -2.09. The van der Waals surface area contributed by atoms with Gasteiger partial charge in [0.25, 0.3) is 0 Å². The van der Waals surface area contributed by atoms with E-state index in [1.807, 2.05) is 0 Å². The van der Waals surface area contributed by atoms with Gasteiger partial charge in [0.1, 0.15) is 5.75 Å². The quantitative estimate of drug-likeness (QED) is 0.834. The molecule has 14 heavy (non-hydrogen) atoms. The highest BCUT2D eigenvalue weighted by Gasteiger charge is 2.08. The molecule has 1 rings (SSSR count). The molecule has 0 radical (unpaired) electrons. The molecule has 3 N–H and O–H groups in total. The van der Waals surface area contributed by atoms with Crippen LogP contribution in [0.25, 0.3) is 0 Å². The smallest absolute Gasteiger partial charge is 0.115 e. The summed E-state index contributed by atoms with van der Waals surface area (Å²) in [6.45, 7) is 3.62. The SMILES string of the molecule is C=CC[C@@H](N)c1cc(O)ccc1Br.Cl. The first-order valence-electron chi connectivity index (χ1n) is 4.00. The van der Waals surface area contributed by atoms with E-state index in [4.69, 9.17) is 5.73 Å². The zero-order valence-corrected chi connectivity index (χ0v) is 10.0. The van der Waals surface area contributed by atoms with Crippen molar-refractivity contribution in [2.75, 3.05) is 0 Å². The molecule has 0 heterocycles. The second kappa shape index (κ2) is 6.06. The van der Waals surface area contributed by atoms with E-state index >= 15 is 0 Å². The van der Waals surface area contributed by atoms with E-state index in [1.165, 1.54) is 0 Å². The molecule has 0 saturated carbocycles. The Bertz CT molecular complexity index is 317. The molecule has 0 aliphatic carbocycles. The van der Waals surface area contributed by atoms with Crippen LogP contribution in [0, 0.1) is 0 Å². The number of phenols is 1. The molecule has 0 saturated heterocycles. The van der Waals surface area contributed by atoms with Crippen molar-refractivity contribution in [2.45, 2.75) is 12.5 Å². The van der Waals surface area contributed by atoms with Crippen molar-refractivity contribution in [3.05, 3.63) is 40.9 Å². The van der Waals surface area contributed by atoms with Crippen molar-refractivity contribution in [2.24, 2.45) is 5.73 Å². The Labute approximate surface area is 98.4 Å². The van der Waals surface area contributed by atoms with Gasteiger partial charge in [-0.25, -0.2) is 0 Å². The highest BCUT2D eigenvalue weighted by atomic mass is 79.9. The number of halogens is 2. The highest BCUT2D eigenvalue weighted by molar-refractivity contribution is 9.10. The number of phenolic OH excluding ortho intramolecular Hbond substituents is 1. The minimum atomic E-state index is -0.112. The summed E-state index contributed by atoms with van der Waals surface area (Å²) in [6.07, 6.45) is 2.46. The van der Waals surface area contributed by atoms with Gasteiger partial charge < -0.3 is 10.8 Å². The van der Waals surface area contributed by atoms with Gasteiger partial charge in [-0.1, -0.05) is 22.0 Å². The maximum Gasteiger partial charge on any atom is 0.115 e. The maximum absolute atomic E-state index is 9.25. The van der Waals surface area contributed by atoms with Crippen molar-refractivity contribution in [3.63, 3.8) is 0 Å². The summed E-state index contributed by atoms with van der Waals surface area (Å²) in [4.78, 5) is 0. The van der Waals surface area contributed by atoms with Gasteiger partial charge in [0.2, 0.25) is 0 Å². The molecule has 0 aliphatic heterocycles. The molecule has 1 aromatic carbocycles. The summed E-state index contributed by atoms with van der Waals surface area (Å²) >= 11 is 3.38. The van der Waals surface area contributed by atoms with E-state index in [0.29, 0.717) is 6.42 Å². The van der Waals surface area contributed by atoms with Crippen molar-refractivity contribution < 1.29 is 5.11 Å². The van der Waals surface area contributed by atoms with Crippen LogP contribution in [-0.2, 0) is 0 Å². The summed E-state index contributed by atoms with van der Waals surface area (Å²) in [6, 6.07) is 4.96. The molecule has 0 aliphatic rings. The second-order valence-electron chi connectivity index (χ2n) is 2.84. The lowest BCUT2D eigenvalue weighted by atomic mass is 10.0. The molecule has 1 atom stereocenters. The van der Waals surface area contributed by atoms with E-state index in [1.54, 1.807) is 24.3 Å². The number of rotatable bonds is 3. The van der Waals surface area contributed by atoms with Crippen LogP contribution in [0.4, 0.5) is 0 Å². The van der Waals surface area contributed by atoms with Crippen LogP contribution >= 0.6 is 28.3 Å². The van der Waals surface area contributed by atoms with E-state index in [-0.39, 0.29) is 24.2 Å². The third-order valence-corrected chi connectivity index (χ3v) is 2.52. The van der Waals surface area contributed by atoms with Crippen molar-refractivity contribution in [1.29, 1.82) is 0 Å². The van der Waals surface area contributed by atoms with Gasteiger partial charge in [0, 0.05) is 10.5 Å². The van der Waals surface area contributed by atoms with Crippen LogP contribution in [0.3, 0.4) is 0 Å². The Balaban J connectivity index is 0.00000169. The van der Waals surface area contributed by atoms with Gasteiger partial charge >= 0.3 is 0 Å². The molecule has 0 aromatic heterocycles. The minimum absolute atomic E-state index is 0. The number of hydrogen-bond donors (Lipinski definition) is 2. The van der Waals surface area contributed by atoms with E-state index in [0.717, 1.165) is 10.0 Å². The number of aromatic hydroxyl groups is 1. The molecule has 4 heteroatoms. The third-order valence-electron chi connectivity index (χ3n) is 1.80. The fourth-order valence-electron chi connectivity index (χ4n) is 1.12. The minimum Gasteiger partial charge on any atom is -0.508 e. The lowest BCUT2D eigenvalue weighted by Gasteiger charge is -2.11. The first kappa shape index (κ1) is 13.5. The van der Waals surface area contributed by atoms with E-state index < -0.39 is 0 Å². The molecule has 2 nitrogen and oxygen atoms in total. The van der Waals surface area contributed by atoms with Crippen LogP contribution in [0.2, 0.25) is 0 Å². The third kappa shape index (κ3) is 3.33. The maximum atomic E-state index is 9.25. The molecule has 0 fully saturated rings. The Kier molecular flexibility index (Phi) is 5.84. The molecule has 78 valence electrons. The largest absolute Gasteiger partial charge is 0.508 e. The van der Waals surface area contributed by atoms with Gasteiger partial charge in [-0.3, -0.25) is 0 Å². The van der Waals surface area contributed by atoms with Gasteiger partial charge in [-0.2, -0.15) is 0 Å². The van der Waals surface area contributed by atoms with Crippen LogP contribution in [-0.4, -0.2) is 5.11 Å². The Morgan fingerprint density at radius 3 is 2.79 bits per heavy atom. The Morgan fingerprint density at radius 2 is 2.21 bits per heavy atom. The standard InChI is InChI=1S/C10H12BrNO.ClH/c1-2-3-10(12)8-6-7(13)4-5-9(8)11;/h2,4-6,10,13H,1,3,12H2;1H/t10-;/m1./s1. The van der Waals surface area contributed by atoms with Crippen LogP contribution in [0.5, 0.6) is 5.75 Å². The number of hydrogen-bond acceptors (Lipinski definition) is 2. The van der Waals surface area contributed by atoms with Crippen molar-refractivity contribution in [1.82, 2.24) is 0 Å². The van der Waals surface area contributed by atoms with Gasteiger partial charge in [0.15, 0.2) is 0 Å². The molecule has 0 unspecified atom stereocenters. The van der Waals surface area contributed by atoms with Crippen LogP contribution in [0.1, 0.15) is 18.0 Å². The molecular weight excluding hydrogens is 265 g/mol. The van der Waals surface area contributed by atoms with Crippen LogP contribution < -0.4 is 5.73 Å². The lowest BCUT2D eigenvalue weighted by molar-refractivity contribution is 0.473. The first-order chi connectivity index (χ1) is 6.15. The highest BCUT2D eigenvalue weighted by Crippen LogP contribution is 2.27. The van der Waals surface area contributed by atoms with Gasteiger partial charge in [-0.05, 0) is 30.2 Å². The normalized spacial score (nSPS) is 11.6. The predicted octanol–water partition coefficient (Wildman–Crippen LogP) is 3.15. The summed E-state index contributed by atoms with van der Waals surface area (Å²) < 4.78 is 0.916. The predicted molar refractivity (Wildman–Crippen MR) is 64.8 cm³/mol. The summed E-state index contributed by atoms with van der Waals surface area (Å²) in [5.41, 5.74) is 6.77. The monoisotopic (exact) mass is 277 g/mol. The van der Waals surface area contributed by atoms with Crippen molar-refractivity contribution in [3.8, 4) is 5.75 Å². The van der Waals surface area contributed by atoms with Crippen LogP contribution in [0.15, 0.2) is 35.3 Å². The fraction of sp³-hybridized carbons (Fsp3) is 0.200. The molecule has 0 spiro atoms. The summed E-state index contributed by atoms with van der Waals surface area (Å²) in [5, 5.41) is 9.25. The van der Waals surface area contributed by atoms with E-state index in [9.17, 15) is 5.11 Å². The summed E-state index contributed by atoms with van der Waals surface area (Å²) in [7, 11) is 0. The number of nitrogens with two attached hydrogens (primary N) is 1. The molecular formula is C10H13BrClNO. The van der Waals surface area contributed by atoms with E-state index in [2.05, 4.69) is 22.5 Å². The zero-order valence-electron chi connectivity index (χ0n) is 7.61. The van der Waals surface area contributed by atoms with Crippen molar-refractivity contribution >= 4 is 28.3 Å². The Hall–Kier alpha value is -0.510. The summed E-state index contributed by atoms with van der Waals surface area (Å²) in [5.74, 6) is 0.234. The van der Waals surface area contributed by atoms with Gasteiger partial charge in [0.05, 0.1) is 0 Å². The second-order valence-corrected chi connectivity index (χ2v) is 3.69. The molecule has 0 bridgehead atoms. The zero-order chi connectivity index (χ0) is 9.84. The topological polar surface area (TPSA) is 46.2 Å². The first-order valence-corrected chi connectivity index (χ1v) is 4.79. The van der Waals surface area contributed by atoms with Gasteiger partial charge in [-0.15, -0.1) is 19.0 Å². The average molecular weight is 279 g/mol. The Morgan fingerprint density at radius 1 is 1.57 bits per heavy atom. The fourth-order valence-corrected chi connectivity index (χ4v) is 1.66.